The molecule has 0 aromatic rings. The van der Waals surface area contributed by atoms with Crippen LogP contribution in [-0.4, -0.2) is 56.8 Å². The van der Waals surface area contributed by atoms with Crippen LogP contribution in [0.15, 0.2) is 12.7 Å². The standard InChI is InChI=1S/C8H17N3O2S/c1-3-6-10(2)14(12,13)11-7-4-9-5-8-11/h3,9H,1,4-8H2,2H3. The van der Waals surface area contributed by atoms with Crippen LogP contribution in [0.1, 0.15) is 0 Å². The number of nitrogens with one attached hydrogen (secondary N) is 1. The van der Waals surface area contributed by atoms with Crippen molar-refractivity contribution < 1.29 is 8.42 Å². The molecule has 82 valence electrons. The summed E-state index contributed by atoms with van der Waals surface area (Å²) in [7, 11) is -1.70. The van der Waals surface area contributed by atoms with Crippen molar-refractivity contribution >= 4 is 10.2 Å². The lowest BCUT2D eigenvalue weighted by atomic mass is 10.4. The van der Waals surface area contributed by atoms with Crippen LogP contribution < -0.4 is 5.32 Å². The monoisotopic (exact) mass is 219 g/mol. The third-order valence-electron chi connectivity index (χ3n) is 2.18. The first kappa shape index (κ1) is 11.6. The van der Waals surface area contributed by atoms with Gasteiger partial charge in [-0.1, -0.05) is 6.08 Å². The van der Waals surface area contributed by atoms with Crippen LogP contribution in [0.2, 0.25) is 0 Å². The molecule has 0 atom stereocenters. The predicted molar refractivity (Wildman–Crippen MR) is 56.2 cm³/mol. The molecule has 1 N–H and O–H groups in total. The van der Waals surface area contributed by atoms with E-state index < -0.39 is 10.2 Å². The second-order valence-electron chi connectivity index (χ2n) is 3.23. The summed E-state index contributed by atoms with van der Waals surface area (Å²) in [5.74, 6) is 0. The van der Waals surface area contributed by atoms with E-state index in [9.17, 15) is 8.42 Å². The molecule has 5 nitrogen and oxygen atoms in total. The molecule has 0 saturated carbocycles. The van der Waals surface area contributed by atoms with Gasteiger partial charge in [0, 0.05) is 39.8 Å². The highest BCUT2D eigenvalue weighted by Crippen LogP contribution is 2.06. The molecule has 1 fully saturated rings. The Balaban J connectivity index is 2.67. The van der Waals surface area contributed by atoms with Gasteiger partial charge in [0.25, 0.3) is 10.2 Å². The van der Waals surface area contributed by atoms with Gasteiger partial charge < -0.3 is 5.32 Å². The van der Waals surface area contributed by atoms with Gasteiger partial charge in [0.05, 0.1) is 0 Å². The van der Waals surface area contributed by atoms with Crippen molar-refractivity contribution in [3.8, 4) is 0 Å². The largest absolute Gasteiger partial charge is 0.314 e. The highest BCUT2D eigenvalue weighted by Gasteiger charge is 2.26. The van der Waals surface area contributed by atoms with Gasteiger partial charge in [-0.05, 0) is 0 Å². The summed E-state index contributed by atoms with van der Waals surface area (Å²) >= 11 is 0. The quantitative estimate of drug-likeness (QED) is 0.633. The summed E-state index contributed by atoms with van der Waals surface area (Å²) in [6.45, 7) is 6.41. The predicted octanol–water partition coefficient (Wildman–Crippen LogP) is -0.746. The molecule has 14 heavy (non-hydrogen) atoms. The summed E-state index contributed by atoms with van der Waals surface area (Å²) in [4.78, 5) is 0. The van der Waals surface area contributed by atoms with Crippen LogP contribution in [0.5, 0.6) is 0 Å². The molecule has 0 aromatic carbocycles. The summed E-state index contributed by atoms with van der Waals surface area (Å²) in [5.41, 5.74) is 0. The van der Waals surface area contributed by atoms with Crippen LogP contribution in [-0.2, 0) is 10.2 Å². The Morgan fingerprint density at radius 2 is 2.07 bits per heavy atom. The fourth-order valence-electron chi connectivity index (χ4n) is 1.35. The molecule has 1 heterocycles. The third-order valence-corrected chi connectivity index (χ3v) is 4.14. The minimum absolute atomic E-state index is 0.353. The van der Waals surface area contributed by atoms with Crippen molar-refractivity contribution in [3.05, 3.63) is 12.7 Å². The molecule has 0 radical (unpaired) electrons. The Hall–Kier alpha value is -0.430. The fraction of sp³-hybridized carbons (Fsp3) is 0.750. The summed E-state index contributed by atoms with van der Waals surface area (Å²) in [5, 5.41) is 3.11. The Kier molecular flexibility index (Phi) is 4.06. The molecule has 0 amide bonds. The normalized spacial score (nSPS) is 19.9. The lowest BCUT2D eigenvalue weighted by molar-refractivity contribution is 0.332. The van der Waals surface area contributed by atoms with E-state index in [-0.39, 0.29) is 0 Å². The molecule has 1 aliphatic rings. The zero-order valence-electron chi connectivity index (χ0n) is 8.44. The highest BCUT2D eigenvalue weighted by atomic mass is 32.2. The van der Waals surface area contributed by atoms with E-state index in [4.69, 9.17) is 0 Å². The summed E-state index contributed by atoms with van der Waals surface area (Å²) in [6.07, 6.45) is 1.58. The average Bonchev–Trinajstić information content (AvgIpc) is 2.19. The first-order valence-electron chi connectivity index (χ1n) is 4.62. The van der Waals surface area contributed by atoms with Gasteiger partial charge >= 0.3 is 0 Å². The van der Waals surface area contributed by atoms with Gasteiger partial charge in [-0.3, -0.25) is 0 Å². The fourth-order valence-corrected chi connectivity index (χ4v) is 2.68. The second-order valence-corrected chi connectivity index (χ2v) is 5.26. The van der Waals surface area contributed by atoms with E-state index in [0.29, 0.717) is 19.6 Å². The summed E-state index contributed by atoms with van der Waals surface area (Å²) < 4.78 is 26.5. The Morgan fingerprint density at radius 1 is 1.50 bits per heavy atom. The zero-order valence-corrected chi connectivity index (χ0v) is 9.26. The first-order valence-corrected chi connectivity index (χ1v) is 6.01. The van der Waals surface area contributed by atoms with E-state index in [1.807, 2.05) is 0 Å². The van der Waals surface area contributed by atoms with E-state index in [1.54, 1.807) is 13.1 Å². The molecule has 0 bridgehead atoms. The average molecular weight is 219 g/mol. The lowest BCUT2D eigenvalue weighted by Crippen LogP contribution is -2.50. The Bertz CT molecular complexity index is 283. The number of nitrogens with zero attached hydrogens (tertiary/aromatic N) is 2. The van der Waals surface area contributed by atoms with Crippen molar-refractivity contribution in [2.24, 2.45) is 0 Å². The second kappa shape index (κ2) is 4.88. The molecule has 6 heteroatoms. The molecule has 0 aliphatic carbocycles. The first-order chi connectivity index (χ1) is 6.59. The van der Waals surface area contributed by atoms with Crippen LogP contribution in [0.3, 0.4) is 0 Å². The Morgan fingerprint density at radius 3 is 2.57 bits per heavy atom. The van der Waals surface area contributed by atoms with Crippen LogP contribution in [0.25, 0.3) is 0 Å². The number of likely N-dealkylation sites (N-methyl/N-ethyl adjacent to an activating group) is 1. The van der Waals surface area contributed by atoms with Crippen molar-refractivity contribution in [1.29, 1.82) is 0 Å². The minimum atomic E-state index is -3.27. The van der Waals surface area contributed by atoms with Crippen LogP contribution in [0.4, 0.5) is 0 Å². The Labute approximate surface area is 85.6 Å². The SMILES string of the molecule is C=CCN(C)S(=O)(=O)N1CCNCC1. The van der Waals surface area contributed by atoms with E-state index >= 15 is 0 Å². The maximum atomic E-state index is 11.9. The maximum Gasteiger partial charge on any atom is 0.282 e. The van der Waals surface area contributed by atoms with Crippen molar-refractivity contribution in [1.82, 2.24) is 13.9 Å². The topological polar surface area (TPSA) is 52.7 Å². The minimum Gasteiger partial charge on any atom is -0.314 e. The summed E-state index contributed by atoms with van der Waals surface area (Å²) in [6, 6.07) is 0. The number of hydrogen-bond acceptors (Lipinski definition) is 3. The molecule has 0 unspecified atom stereocenters. The van der Waals surface area contributed by atoms with Gasteiger partial charge in [0.15, 0.2) is 0 Å². The molecular weight excluding hydrogens is 202 g/mol. The van der Waals surface area contributed by atoms with E-state index in [1.165, 1.54) is 8.61 Å². The maximum absolute atomic E-state index is 11.9. The molecule has 0 aromatic heterocycles. The van der Waals surface area contributed by atoms with E-state index in [2.05, 4.69) is 11.9 Å². The van der Waals surface area contributed by atoms with Crippen molar-refractivity contribution in [3.63, 3.8) is 0 Å². The van der Waals surface area contributed by atoms with Gasteiger partial charge in [0.1, 0.15) is 0 Å². The third kappa shape index (κ3) is 2.54. The van der Waals surface area contributed by atoms with Gasteiger partial charge in [-0.15, -0.1) is 6.58 Å². The number of rotatable bonds is 4. The molecule has 1 rings (SSSR count). The van der Waals surface area contributed by atoms with Gasteiger partial charge in [-0.25, -0.2) is 0 Å². The van der Waals surface area contributed by atoms with Gasteiger partial charge in [-0.2, -0.15) is 17.0 Å². The van der Waals surface area contributed by atoms with Gasteiger partial charge in [0.2, 0.25) is 0 Å². The molecule has 0 spiro atoms. The van der Waals surface area contributed by atoms with Crippen LogP contribution in [0, 0.1) is 0 Å². The van der Waals surface area contributed by atoms with Crippen molar-refractivity contribution in [2.75, 3.05) is 39.8 Å². The number of piperazine rings is 1. The van der Waals surface area contributed by atoms with Crippen LogP contribution >= 0.6 is 0 Å². The highest BCUT2D eigenvalue weighted by molar-refractivity contribution is 7.86. The smallest absolute Gasteiger partial charge is 0.282 e. The number of hydrogen-bond donors (Lipinski definition) is 1. The molecular formula is C8H17N3O2S. The molecule has 1 aliphatic heterocycles. The molecule has 1 saturated heterocycles. The van der Waals surface area contributed by atoms with Crippen molar-refractivity contribution in [2.45, 2.75) is 0 Å². The zero-order chi connectivity index (χ0) is 10.6. The van der Waals surface area contributed by atoms with E-state index in [0.717, 1.165) is 13.1 Å². The lowest BCUT2D eigenvalue weighted by Gasteiger charge is -2.30.